The van der Waals surface area contributed by atoms with Crippen molar-refractivity contribution in [1.82, 2.24) is 21.3 Å². The first-order valence-corrected chi connectivity index (χ1v) is 40.9. The summed E-state index contributed by atoms with van der Waals surface area (Å²) in [6.07, 6.45) is -21.0. The molecule has 0 aromatic heterocycles. The van der Waals surface area contributed by atoms with Crippen LogP contribution in [0, 0.1) is 0 Å². The van der Waals surface area contributed by atoms with Gasteiger partial charge in [-0.3, -0.25) is 14.4 Å². The summed E-state index contributed by atoms with van der Waals surface area (Å²) in [5, 5.41) is 28.8. The summed E-state index contributed by atoms with van der Waals surface area (Å²) in [7, 11) is 0. The second-order valence-electron chi connectivity index (χ2n) is 30.7. The molecule has 6 aliphatic rings. The fourth-order valence-electron chi connectivity index (χ4n) is 16.1. The van der Waals surface area contributed by atoms with Gasteiger partial charge in [0.15, 0.2) is 37.7 Å². The third-order valence-corrected chi connectivity index (χ3v) is 22.0. The van der Waals surface area contributed by atoms with E-state index in [1.54, 1.807) is 6.92 Å². The number of ether oxygens (including phenoxy) is 17. The van der Waals surface area contributed by atoms with E-state index in [1.165, 1.54) is 20.8 Å². The monoisotopic (exact) mass is 1630 g/mol. The van der Waals surface area contributed by atoms with Crippen LogP contribution in [0.4, 0.5) is 4.79 Å². The van der Waals surface area contributed by atoms with Crippen molar-refractivity contribution in [3.05, 3.63) is 276 Å². The molecule has 0 aliphatic carbocycles. The second kappa shape index (κ2) is 41.2. The average molecular weight is 1630 g/mol. The van der Waals surface area contributed by atoms with Gasteiger partial charge in [-0.25, -0.2) is 4.79 Å². The van der Waals surface area contributed by atoms with Crippen molar-refractivity contribution >= 4 is 45.4 Å². The zero-order valence-corrected chi connectivity index (χ0v) is 66.9. The Bertz CT molecular complexity index is 4720. The molecular weight excluding hydrogens is 1530 g/mol. The molecule has 4 amide bonds. The highest BCUT2D eigenvalue weighted by molar-refractivity contribution is 5.84. The van der Waals surface area contributed by atoms with Gasteiger partial charge in [0.2, 0.25) is 17.7 Å². The number of rotatable bonds is 33. The number of aliphatic hydroxyl groups excluding tert-OH is 1. The van der Waals surface area contributed by atoms with E-state index in [0.29, 0.717) is 31.4 Å². The molecule has 26 heteroatoms. The van der Waals surface area contributed by atoms with E-state index in [1.807, 2.05) is 224 Å². The Hall–Kier alpha value is -9.50. The average Bonchev–Trinajstić information content (AvgIpc) is 0.835. The molecule has 15 rings (SSSR count). The number of hydrogen-bond acceptors (Lipinski definition) is 22. The highest BCUT2D eigenvalue weighted by atomic mass is 16.8. The van der Waals surface area contributed by atoms with Crippen LogP contribution in [0.25, 0.3) is 21.5 Å². The minimum Gasteiger partial charge on any atom is -0.450 e. The van der Waals surface area contributed by atoms with Crippen molar-refractivity contribution in [3.63, 3.8) is 0 Å². The lowest BCUT2D eigenvalue weighted by Gasteiger charge is -2.54. The van der Waals surface area contributed by atoms with Crippen molar-refractivity contribution < 1.29 is 105 Å². The van der Waals surface area contributed by atoms with E-state index in [-0.39, 0.29) is 59.5 Å². The van der Waals surface area contributed by atoms with Crippen molar-refractivity contribution in [2.24, 2.45) is 0 Å². The molecule has 6 heterocycles. The van der Waals surface area contributed by atoms with Gasteiger partial charge < -0.3 is 107 Å². The van der Waals surface area contributed by atoms with Crippen LogP contribution in [-0.2, 0) is 128 Å². The number of amides is 4. The zero-order chi connectivity index (χ0) is 82.0. The number of carbonyl (C=O) groups is 4. The quantitative estimate of drug-likeness (QED) is 0.0239. The molecule has 22 atom stereocenters. The largest absolute Gasteiger partial charge is 0.450 e. The molecule has 6 aliphatic heterocycles. The molecule has 5 N–H and O–H groups in total. The molecule has 0 spiro atoms. The van der Waals surface area contributed by atoms with Crippen molar-refractivity contribution in [2.45, 2.75) is 215 Å². The number of fused-ring (bicyclic) bond motifs is 4. The molecule has 6 fully saturated rings. The summed E-state index contributed by atoms with van der Waals surface area (Å²) in [5.74, 6) is -1.55. The van der Waals surface area contributed by atoms with Crippen LogP contribution in [0.5, 0.6) is 0 Å². The Morgan fingerprint density at radius 1 is 0.395 bits per heavy atom. The Labute approximate surface area is 691 Å². The standard InChI is InChI=1S/C93H104N4O22/c1-57-78(101)82(118-90-76(96-59(3)99)83(106-51-63-31-15-7-16-32-63)79-73(112-90)55-109-87(115-79)68-35-17-8-18-36-68)75(95-58(2)98)89(111-57)119-84-77(97-60(4)100)91(113-74-56-110-88(116-80(74)84)69-37-19-9-20-38-69)117-81-72(54-103-50-62-29-13-6-14-30-62)114-92(104-45-25-10-26-46-105-93(102)94-49-61-27-11-5-12-28-61)86(108-53-65-42-44-67-34-22-24-40-71(67)48-65)85(81)107-52-64-41-43-66-33-21-23-39-70(66)47-64/h5-9,11-24,27-44,47-48,57,72-92,101H,10,25-26,45-46,49-56H2,1-4H3,(H,94,102)(H,95,98)(H,96,99)(H,97,100)/t57-,72+,73+,74+,75-,76-,77+,78+,79+,80-,81-,82-,83+,84+,85-,86+,87+,88-,89-,90-,91+,92-/m0/s1. The highest BCUT2D eigenvalue weighted by Crippen LogP contribution is 2.43. The summed E-state index contributed by atoms with van der Waals surface area (Å²) in [6, 6.07) is 72.1. The lowest BCUT2D eigenvalue weighted by atomic mass is 9.92. The molecule has 9 aromatic rings. The van der Waals surface area contributed by atoms with E-state index in [0.717, 1.165) is 54.9 Å². The number of carbonyl (C=O) groups excluding carboxylic acids is 4. The third-order valence-electron chi connectivity index (χ3n) is 22.0. The van der Waals surface area contributed by atoms with E-state index in [2.05, 4.69) is 33.4 Å². The van der Waals surface area contributed by atoms with Gasteiger partial charge in [0.25, 0.3) is 0 Å². The number of aliphatic hydroxyl groups is 1. The number of benzene rings is 9. The third kappa shape index (κ3) is 22.0. The van der Waals surface area contributed by atoms with E-state index < -0.39 is 159 Å². The Kier molecular flexibility index (Phi) is 29.2. The predicted molar refractivity (Wildman–Crippen MR) is 434 cm³/mol. The van der Waals surface area contributed by atoms with Crippen LogP contribution in [0.15, 0.2) is 237 Å². The lowest BCUT2D eigenvalue weighted by molar-refractivity contribution is -0.394. The summed E-state index contributed by atoms with van der Waals surface area (Å²) >= 11 is 0. The molecule has 0 radical (unpaired) electrons. The van der Waals surface area contributed by atoms with Crippen LogP contribution in [0.1, 0.15) is 98.5 Å². The maximum atomic E-state index is 14.4. The van der Waals surface area contributed by atoms with Gasteiger partial charge in [-0.2, -0.15) is 0 Å². The molecule has 0 unspecified atom stereocenters. The molecular formula is C93H104N4O22. The van der Waals surface area contributed by atoms with Gasteiger partial charge in [0, 0.05) is 45.0 Å². The van der Waals surface area contributed by atoms with E-state index in [4.69, 9.17) is 80.5 Å². The SMILES string of the molecule is CC(=O)N[C@@H]1[C@H](O[C@@H]2[C@@H](NC(C)=O)[C@@H](O[C@@H]3[C@H](OCc4ccc5ccccc5c4)[C@@H](OCc4ccc5ccccc5c4)[C@@H](OCCCCCOC(=O)NCc4ccccc4)O[C@@H]3COCc3ccccc3)O[C@@H]3CO[C@H](c4ccccc4)O[C@H]23)O[C@@H](C)[C@@H](O)[C@H]1O[C@@H]1O[C@@H]2CO[C@@H](c3ccccc3)O[C@H]2[C@H](OCc2ccccc2)[C@@H]1NC(C)=O. The van der Waals surface area contributed by atoms with Crippen LogP contribution in [-0.4, -0.2) is 185 Å². The number of alkyl carbamates (subject to hydrolysis) is 1. The smallest absolute Gasteiger partial charge is 0.407 e. The molecule has 0 saturated carbocycles. The van der Waals surface area contributed by atoms with E-state index in [9.17, 15) is 24.3 Å². The maximum Gasteiger partial charge on any atom is 0.407 e. The summed E-state index contributed by atoms with van der Waals surface area (Å²) in [4.78, 5) is 54.9. The Morgan fingerprint density at radius 2 is 0.832 bits per heavy atom. The number of unbranched alkanes of at least 4 members (excludes halogenated alkanes) is 2. The summed E-state index contributed by atoms with van der Waals surface area (Å²) < 4.78 is 118. The topological polar surface area (TPSA) is 294 Å². The van der Waals surface area contributed by atoms with E-state index >= 15 is 0 Å². The second-order valence-corrected chi connectivity index (χ2v) is 30.7. The van der Waals surface area contributed by atoms with Crippen molar-refractivity contribution in [3.8, 4) is 0 Å². The van der Waals surface area contributed by atoms with Gasteiger partial charge in [0.05, 0.1) is 59.0 Å². The van der Waals surface area contributed by atoms with Gasteiger partial charge in [-0.15, -0.1) is 0 Å². The Morgan fingerprint density at radius 3 is 1.39 bits per heavy atom. The molecule has 9 aromatic carbocycles. The van der Waals surface area contributed by atoms with Gasteiger partial charge in [0.1, 0.15) is 91.4 Å². The molecule has 6 saturated heterocycles. The fourth-order valence-corrected chi connectivity index (χ4v) is 16.1. The molecule has 26 nitrogen and oxygen atoms in total. The first-order chi connectivity index (χ1) is 58.2. The van der Waals surface area contributed by atoms with Crippen LogP contribution in [0.2, 0.25) is 0 Å². The predicted octanol–water partition coefficient (Wildman–Crippen LogP) is 11.6. The van der Waals surface area contributed by atoms with Gasteiger partial charge >= 0.3 is 6.09 Å². The van der Waals surface area contributed by atoms with Crippen LogP contribution < -0.4 is 21.3 Å². The lowest BCUT2D eigenvalue weighted by Crippen LogP contribution is -2.72. The highest BCUT2D eigenvalue weighted by Gasteiger charge is 2.60. The normalized spacial score (nSPS) is 29.3. The fraction of sp³-hybridized carbons (Fsp3) is 0.419. The number of nitrogens with one attached hydrogen (secondary N) is 4. The summed E-state index contributed by atoms with van der Waals surface area (Å²) in [6.45, 7) is 6.48. The number of hydrogen-bond donors (Lipinski definition) is 5. The van der Waals surface area contributed by atoms with Crippen LogP contribution >= 0.6 is 0 Å². The zero-order valence-electron chi connectivity index (χ0n) is 66.9. The van der Waals surface area contributed by atoms with Gasteiger partial charge in [-0.1, -0.05) is 224 Å². The van der Waals surface area contributed by atoms with Crippen LogP contribution in [0.3, 0.4) is 0 Å². The Balaban J connectivity index is 0.774. The minimum atomic E-state index is -1.56. The van der Waals surface area contributed by atoms with Crippen molar-refractivity contribution in [2.75, 3.05) is 33.0 Å². The van der Waals surface area contributed by atoms with Crippen molar-refractivity contribution in [1.29, 1.82) is 0 Å². The molecule has 0 bridgehead atoms. The first-order valence-electron chi connectivity index (χ1n) is 40.9. The maximum absolute atomic E-state index is 14.4. The van der Waals surface area contributed by atoms with Gasteiger partial charge in [-0.05, 0) is 87.7 Å². The first kappa shape index (κ1) is 84.5. The minimum absolute atomic E-state index is 0.0000465. The summed E-state index contributed by atoms with van der Waals surface area (Å²) in [5.41, 5.74) is 5.77. The molecule has 119 heavy (non-hydrogen) atoms. The molecule has 628 valence electrons.